The van der Waals surface area contributed by atoms with E-state index < -0.39 is 5.69 Å². The van der Waals surface area contributed by atoms with E-state index in [4.69, 9.17) is 5.11 Å². The fraction of sp³-hybridized carbons (Fsp3) is 0.421. The Morgan fingerprint density at radius 3 is 2.70 bits per heavy atom. The molecular weight excluding hydrogens is 346 g/mol. The number of aromatic nitrogens is 4. The molecule has 0 amide bonds. The number of aliphatic hydroxyl groups is 1. The Kier molecular flexibility index (Phi) is 4.15. The fourth-order valence-electron chi connectivity index (χ4n) is 3.76. The number of aliphatic hydroxyl groups excluding tert-OH is 1. The van der Waals surface area contributed by atoms with Crippen molar-refractivity contribution in [3.63, 3.8) is 0 Å². The van der Waals surface area contributed by atoms with Crippen molar-refractivity contribution in [2.75, 3.05) is 18.1 Å². The predicted molar refractivity (Wildman–Crippen MR) is 104 cm³/mol. The summed E-state index contributed by atoms with van der Waals surface area (Å²) in [5.74, 6) is 0.686. The second-order valence-corrected chi connectivity index (χ2v) is 6.98. The molecule has 0 spiro atoms. The van der Waals surface area contributed by atoms with Crippen molar-refractivity contribution in [1.82, 2.24) is 18.7 Å². The second-order valence-electron chi connectivity index (χ2n) is 6.98. The average Bonchev–Trinajstić information content (AvgIpc) is 3.21. The van der Waals surface area contributed by atoms with E-state index >= 15 is 0 Å². The first kappa shape index (κ1) is 17.5. The summed E-state index contributed by atoms with van der Waals surface area (Å²) in [6, 6.07) is 6.14. The molecular formula is C19H23N5O3. The van der Waals surface area contributed by atoms with Crippen LogP contribution in [0.2, 0.25) is 0 Å². The molecule has 0 radical (unpaired) electrons. The van der Waals surface area contributed by atoms with E-state index in [1.54, 1.807) is 7.05 Å². The van der Waals surface area contributed by atoms with Crippen molar-refractivity contribution >= 4 is 22.8 Å². The van der Waals surface area contributed by atoms with Crippen LogP contribution in [-0.2, 0) is 20.1 Å². The summed E-state index contributed by atoms with van der Waals surface area (Å²) in [6.07, 6.45) is 0.357. The van der Waals surface area contributed by atoms with Crippen molar-refractivity contribution in [3.05, 3.63) is 50.2 Å². The molecule has 142 valence electrons. The molecule has 8 heteroatoms. The third-order valence-corrected chi connectivity index (χ3v) is 5.41. The highest BCUT2D eigenvalue weighted by Crippen LogP contribution is 2.34. The van der Waals surface area contributed by atoms with Crippen LogP contribution < -0.4 is 16.1 Å². The van der Waals surface area contributed by atoms with Gasteiger partial charge in [0.2, 0.25) is 5.95 Å². The summed E-state index contributed by atoms with van der Waals surface area (Å²) >= 11 is 0. The standard InChI is InChI=1S/C19H23N5O3/c1-12-6-4-7-14(13(12)2)22-9-10-23-15-16(20-18(22)23)21(3)19(27)24(17(15)26)8-5-11-25/h4,6-7,25H,5,8-11H2,1-3H3. The van der Waals surface area contributed by atoms with Gasteiger partial charge in [0.15, 0.2) is 11.2 Å². The van der Waals surface area contributed by atoms with Crippen LogP contribution in [0, 0.1) is 13.8 Å². The van der Waals surface area contributed by atoms with Gasteiger partial charge in [0.1, 0.15) is 0 Å². The molecule has 0 bridgehead atoms. The first-order valence-corrected chi connectivity index (χ1v) is 9.10. The van der Waals surface area contributed by atoms with Crippen LogP contribution in [0.4, 0.5) is 11.6 Å². The number of rotatable bonds is 4. The maximum atomic E-state index is 13.0. The van der Waals surface area contributed by atoms with E-state index in [9.17, 15) is 9.59 Å². The van der Waals surface area contributed by atoms with Crippen LogP contribution in [0.15, 0.2) is 27.8 Å². The van der Waals surface area contributed by atoms with E-state index in [1.807, 2.05) is 10.6 Å². The SMILES string of the molecule is Cc1cccc(N2CCn3c2nc2c3c(=O)n(CCCO)c(=O)n2C)c1C. The van der Waals surface area contributed by atoms with Gasteiger partial charge in [0.25, 0.3) is 5.56 Å². The van der Waals surface area contributed by atoms with Crippen molar-refractivity contribution in [3.8, 4) is 0 Å². The quantitative estimate of drug-likeness (QED) is 0.743. The van der Waals surface area contributed by atoms with E-state index in [-0.39, 0.29) is 18.7 Å². The minimum Gasteiger partial charge on any atom is -0.396 e. The van der Waals surface area contributed by atoms with Crippen LogP contribution in [0.1, 0.15) is 17.5 Å². The summed E-state index contributed by atoms with van der Waals surface area (Å²) in [5.41, 5.74) is 3.52. The van der Waals surface area contributed by atoms with E-state index in [0.29, 0.717) is 30.1 Å². The van der Waals surface area contributed by atoms with Crippen molar-refractivity contribution in [1.29, 1.82) is 0 Å². The normalized spacial score (nSPS) is 13.6. The van der Waals surface area contributed by atoms with Crippen LogP contribution >= 0.6 is 0 Å². The van der Waals surface area contributed by atoms with Crippen LogP contribution in [0.5, 0.6) is 0 Å². The maximum Gasteiger partial charge on any atom is 0.332 e. The number of nitrogens with zero attached hydrogens (tertiary/aromatic N) is 5. The monoisotopic (exact) mass is 369 g/mol. The number of anilines is 2. The van der Waals surface area contributed by atoms with Gasteiger partial charge in [-0.15, -0.1) is 0 Å². The minimum atomic E-state index is -0.406. The lowest BCUT2D eigenvalue weighted by Crippen LogP contribution is -2.39. The highest BCUT2D eigenvalue weighted by Gasteiger charge is 2.29. The predicted octanol–water partition coefficient (Wildman–Crippen LogP) is 1.05. The Bertz CT molecular complexity index is 1150. The summed E-state index contributed by atoms with van der Waals surface area (Å²) in [7, 11) is 1.63. The molecule has 0 fully saturated rings. The van der Waals surface area contributed by atoms with Crippen molar-refractivity contribution in [2.24, 2.45) is 7.05 Å². The molecule has 4 rings (SSSR count). The first-order valence-electron chi connectivity index (χ1n) is 9.10. The van der Waals surface area contributed by atoms with Gasteiger partial charge in [-0.25, -0.2) is 4.79 Å². The third-order valence-electron chi connectivity index (χ3n) is 5.41. The summed E-state index contributed by atoms with van der Waals surface area (Å²) < 4.78 is 4.50. The molecule has 1 aromatic carbocycles. The number of imidazole rings is 1. The third kappa shape index (κ3) is 2.51. The molecule has 2 aromatic heterocycles. The van der Waals surface area contributed by atoms with Gasteiger partial charge in [-0.05, 0) is 37.5 Å². The average molecular weight is 369 g/mol. The van der Waals surface area contributed by atoms with Gasteiger partial charge in [-0.2, -0.15) is 4.98 Å². The Balaban J connectivity index is 1.94. The molecule has 1 aliphatic heterocycles. The van der Waals surface area contributed by atoms with Gasteiger partial charge in [0, 0.05) is 39.0 Å². The Morgan fingerprint density at radius 2 is 1.96 bits per heavy atom. The fourth-order valence-corrected chi connectivity index (χ4v) is 3.76. The zero-order chi connectivity index (χ0) is 19.3. The largest absolute Gasteiger partial charge is 0.396 e. The molecule has 0 saturated heterocycles. The highest BCUT2D eigenvalue weighted by molar-refractivity contribution is 5.78. The van der Waals surface area contributed by atoms with Crippen LogP contribution in [0.25, 0.3) is 11.2 Å². The van der Waals surface area contributed by atoms with Crippen molar-refractivity contribution < 1.29 is 5.11 Å². The van der Waals surface area contributed by atoms with Crippen LogP contribution in [-0.4, -0.2) is 36.9 Å². The smallest absolute Gasteiger partial charge is 0.332 e. The molecule has 1 N–H and O–H groups in total. The van der Waals surface area contributed by atoms with Gasteiger partial charge in [0.05, 0.1) is 0 Å². The Morgan fingerprint density at radius 1 is 1.19 bits per heavy atom. The molecule has 0 atom stereocenters. The summed E-state index contributed by atoms with van der Waals surface area (Å²) in [5, 5.41) is 9.07. The number of hydrogen-bond acceptors (Lipinski definition) is 5. The zero-order valence-corrected chi connectivity index (χ0v) is 15.8. The number of fused-ring (bicyclic) bond motifs is 3. The van der Waals surface area contributed by atoms with E-state index in [2.05, 4.69) is 35.9 Å². The number of hydrogen-bond donors (Lipinski definition) is 1. The minimum absolute atomic E-state index is 0.0709. The summed E-state index contributed by atoms with van der Waals surface area (Å²) in [6.45, 7) is 5.63. The van der Waals surface area contributed by atoms with E-state index in [1.165, 1.54) is 20.3 Å². The Hall–Kier alpha value is -2.87. The topological polar surface area (TPSA) is 85.3 Å². The number of benzene rings is 1. The molecule has 3 heterocycles. The van der Waals surface area contributed by atoms with Crippen molar-refractivity contribution in [2.45, 2.75) is 33.4 Å². The van der Waals surface area contributed by atoms with Gasteiger partial charge in [-0.1, -0.05) is 12.1 Å². The number of aryl methyl sites for hydroxylation is 2. The lowest BCUT2D eigenvalue weighted by atomic mass is 10.1. The lowest BCUT2D eigenvalue weighted by Gasteiger charge is -2.19. The molecule has 0 saturated carbocycles. The molecule has 1 aliphatic rings. The highest BCUT2D eigenvalue weighted by atomic mass is 16.3. The molecule has 0 aliphatic carbocycles. The molecule has 0 unspecified atom stereocenters. The molecule has 3 aromatic rings. The van der Waals surface area contributed by atoms with Gasteiger partial charge >= 0.3 is 5.69 Å². The lowest BCUT2D eigenvalue weighted by molar-refractivity contribution is 0.277. The Labute approximate surface area is 155 Å². The molecule has 8 nitrogen and oxygen atoms in total. The maximum absolute atomic E-state index is 13.0. The van der Waals surface area contributed by atoms with E-state index in [0.717, 1.165) is 12.2 Å². The second kappa shape index (κ2) is 6.38. The van der Waals surface area contributed by atoms with Gasteiger partial charge < -0.3 is 14.6 Å². The first-order chi connectivity index (χ1) is 13.0. The van der Waals surface area contributed by atoms with Crippen LogP contribution in [0.3, 0.4) is 0 Å². The summed E-state index contributed by atoms with van der Waals surface area (Å²) in [4.78, 5) is 32.3. The van der Waals surface area contributed by atoms with Gasteiger partial charge in [-0.3, -0.25) is 13.9 Å². The molecule has 27 heavy (non-hydrogen) atoms. The zero-order valence-electron chi connectivity index (χ0n) is 15.8.